The van der Waals surface area contributed by atoms with Gasteiger partial charge in [0.1, 0.15) is 4.34 Å². The van der Waals surface area contributed by atoms with Gasteiger partial charge in [0.2, 0.25) is 15.9 Å². The van der Waals surface area contributed by atoms with Gasteiger partial charge in [-0.2, -0.15) is 0 Å². The molecular weight excluding hydrogens is 498 g/mol. The van der Waals surface area contributed by atoms with Gasteiger partial charge in [0.15, 0.2) is 5.13 Å². The quantitative estimate of drug-likeness (QED) is 0.636. The number of urea groups is 1. The molecule has 12 heteroatoms. The van der Waals surface area contributed by atoms with Crippen LogP contribution in [0.2, 0.25) is 4.34 Å². The number of fused-ring (bicyclic) bond motifs is 2. The number of sulfonamides is 1. The van der Waals surface area contributed by atoms with E-state index in [-0.39, 0.29) is 22.9 Å². The second-order valence-corrected chi connectivity index (χ2v) is 12.6. The molecular formula is C22H26ClN5O4S2. The van der Waals surface area contributed by atoms with Crippen molar-refractivity contribution in [1.82, 2.24) is 14.6 Å². The first-order chi connectivity index (χ1) is 16.2. The van der Waals surface area contributed by atoms with Crippen LogP contribution in [0.15, 0.2) is 29.3 Å². The second-order valence-electron chi connectivity index (χ2n) is 9.24. The van der Waals surface area contributed by atoms with E-state index in [4.69, 9.17) is 11.6 Å². The van der Waals surface area contributed by atoms with E-state index in [0.717, 1.165) is 42.6 Å². The van der Waals surface area contributed by atoms with Crippen molar-refractivity contribution >= 4 is 55.7 Å². The lowest BCUT2D eigenvalue weighted by Crippen LogP contribution is -2.41. The van der Waals surface area contributed by atoms with Crippen LogP contribution in [-0.2, 0) is 20.2 Å². The van der Waals surface area contributed by atoms with Crippen LogP contribution in [0, 0.1) is 0 Å². The summed E-state index contributed by atoms with van der Waals surface area (Å²) < 4.78 is 29.6. The Morgan fingerprint density at radius 1 is 1.24 bits per heavy atom. The van der Waals surface area contributed by atoms with Gasteiger partial charge >= 0.3 is 6.03 Å². The number of nitrogens with zero attached hydrogens (tertiary/aromatic N) is 3. The molecule has 1 atom stereocenters. The van der Waals surface area contributed by atoms with Gasteiger partial charge in [0.05, 0.1) is 11.1 Å². The number of hydrogen-bond donors (Lipinski definition) is 2. The topological polar surface area (TPSA) is 112 Å². The molecule has 0 radical (unpaired) electrons. The molecule has 2 N–H and O–H groups in total. The summed E-state index contributed by atoms with van der Waals surface area (Å²) in [4.78, 5) is 32.9. The molecule has 3 heterocycles. The molecule has 2 aliphatic heterocycles. The maximum absolute atomic E-state index is 13.2. The highest BCUT2D eigenvalue weighted by Gasteiger charge is 2.50. The molecule has 182 valence electrons. The number of hydrogen-bond acceptors (Lipinski definition) is 6. The van der Waals surface area contributed by atoms with Crippen molar-refractivity contribution in [3.8, 4) is 0 Å². The monoisotopic (exact) mass is 523 g/mol. The maximum atomic E-state index is 13.2. The number of thiazole rings is 1. The summed E-state index contributed by atoms with van der Waals surface area (Å²) in [5, 5.41) is 3.16. The highest BCUT2D eigenvalue weighted by atomic mass is 35.5. The van der Waals surface area contributed by atoms with Crippen LogP contribution in [0.3, 0.4) is 0 Å². The molecule has 0 bridgehead atoms. The van der Waals surface area contributed by atoms with Gasteiger partial charge in [-0.15, -0.1) is 0 Å². The molecule has 5 rings (SSSR count). The van der Waals surface area contributed by atoms with Gasteiger partial charge in [-0.05, 0) is 43.0 Å². The average Bonchev–Trinajstić information content (AvgIpc) is 3.57. The van der Waals surface area contributed by atoms with E-state index in [2.05, 4.69) is 15.0 Å². The van der Waals surface area contributed by atoms with Crippen molar-refractivity contribution in [3.05, 3.63) is 34.3 Å². The highest BCUT2D eigenvalue weighted by Crippen LogP contribution is 2.47. The largest absolute Gasteiger partial charge is 0.342 e. The summed E-state index contributed by atoms with van der Waals surface area (Å²) in [7, 11) is -3.70. The van der Waals surface area contributed by atoms with E-state index in [0.29, 0.717) is 41.2 Å². The average molecular weight is 524 g/mol. The Morgan fingerprint density at radius 3 is 2.65 bits per heavy atom. The van der Waals surface area contributed by atoms with Gasteiger partial charge < -0.3 is 4.90 Å². The van der Waals surface area contributed by atoms with E-state index in [1.807, 2.05) is 0 Å². The zero-order valence-corrected chi connectivity index (χ0v) is 21.1. The minimum absolute atomic E-state index is 0.0366. The summed E-state index contributed by atoms with van der Waals surface area (Å²) in [5.41, 5.74) is 0.890. The molecule has 1 saturated heterocycles. The fourth-order valence-corrected chi connectivity index (χ4v) is 7.42. The van der Waals surface area contributed by atoms with Crippen molar-refractivity contribution in [2.24, 2.45) is 0 Å². The first-order valence-electron chi connectivity index (χ1n) is 11.3. The van der Waals surface area contributed by atoms with Gasteiger partial charge in [-0.3, -0.25) is 15.0 Å². The molecule has 1 spiro atoms. The molecule has 1 aromatic carbocycles. The van der Waals surface area contributed by atoms with Gasteiger partial charge in [-0.25, -0.2) is 22.9 Å². The molecule has 9 nitrogen and oxygen atoms in total. The third-order valence-corrected chi connectivity index (χ3v) is 9.56. The number of aromatic nitrogens is 1. The van der Waals surface area contributed by atoms with E-state index >= 15 is 0 Å². The number of carbonyl (C=O) groups excluding carboxylic acids is 2. The van der Waals surface area contributed by atoms with Crippen molar-refractivity contribution in [2.45, 2.75) is 55.4 Å². The number of rotatable bonds is 4. The molecule has 34 heavy (non-hydrogen) atoms. The van der Waals surface area contributed by atoms with Gasteiger partial charge in [-0.1, -0.05) is 35.8 Å². The minimum atomic E-state index is -3.70. The molecule has 3 aliphatic rings. The number of halogens is 1. The molecule has 1 saturated carbocycles. The number of benzene rings is 1. The second kappa shape index (κ2) is 8.78. The SMILES string of the molecule is CC(=O)N1CCC2(C1)CN(C(=O)Nc1ncc(Cl)s1)c1ccc(S(=O)(=O)NC3CCCC3)cc12. The molecule has 1 aliphatic carbocycles. The fraction of sp³-hybridized carbons (Fsp3) is 0.500. The fourth-order valence-electron chi connectivity index (χ4n) is 5.29. The van der Waals surface area contributed by atoms with Crippen LogP contribution in [-0.4, -0.2) is 55.9 Å². The van der Waals surface area contributed by atoms with E-state index in [9.17, 15) is 18.0 Å². The number of likely N-dealkylation sites (tertiary alicyclic amines) is 1. The summed E-state index contributed by atoms with van der Waals surface area (Å²) in [6, 6.07) is 4.51. The lowest BCUT2D eigenvalue weighted by Gasteiger charge is -2.25. The number of anilines is 2. The summed E-state index contributed by atoms with van der Waals surface area (Å²) in [5.74, 6) is -0.0366. The van der Waals surface area contributed by atoms with Gasteiger partial charge in [0, 0.05) is 43.7 Å². The van der Waals surface area contributed by atoms with Crippen LogP contribution in [0.25, 0.3) is 0 Å². The van der Waals surface area contributed by atoms with Crippen molar-refractivity contribution < 1.29 is 18.0 Å². The normalized spacial score (nSPS) is 22.5. The van der Waals surface area contributed by atoms with Crippen LogP contribution in [0.5, 0.6) is 0 Å². The molecule has 3 amide bonds. The van der Waals surface area contributed by atoms with Crippen LogP contribution < -0.4 is 14.9 Å². The number of amides is 3. The lowest BCUT2D eigenvalue weighted by atomic mass is 9.81. The third-order valence-electron chi connectivity index (χ3n) is 7.01. The van der Waals surface area contributed by atoms with E-state index < -0.39 is 15.4 Å². The maximum Gasteiger partial charge on any atom is 0.328 e. The summed E-state index contributed by atoms with van der Waals surface area (Å²) >= 11 is 7.10. The highest BCUT2D eigenvalue weighted by molar-refractivity contribution is 7.89. The molecule has 2 fully saturated rings. The van der Waals surface area contributed by atoms with Gasteiger partial charge in [0.25, 0.3) is 0 Å². The zero-order valence-electron chi connectivity index (χ0n) is 18.7. The van der Waals surface area contributed by atoms with Crippen LogP contribution >= 0.6 is 22.9 Å². The number of nitrogens with one attached hydrogen (secondary N) is 2. The first kappa shape index (κ1) is 23.5. The zero-order chi connectivity index (χ0) is 24.1. The first-order valence-corrected chi connectivity index (χ1v) is 14.0. The third kappa shape index (κ3) is 4.30. The van der Waals surface area contributed by atoms with E-state index in [1.165, 1.54) is 13.1 Å². The minimum Gasteiger partial charge on any atom is -0.342 e. The predicted molar refractivity (Wildman–Crippen MR) is 131 cm³/mol. The Hall–Kier alpha value is -2.21. The Bertz CT molecular complexity index is 1240. The Labute approximate surface area is 207 Å². The standard InChI is InChI=1S/C22H26ClN5O4S2/c1-14(29)27-9-8-22(12-27)13-28(21(30)25-20-24-11-19(23)33-20)18-7-6-16(10-17(18)22)34(31,32)26-15-4-2-3-5-15/h6-7,10-11,15,26H,2-5,8-9,12-13H2,1H3,(H,24,25,30). The summed E-state index contributed by atoms with van der Waals surface area (Å²) in [6.07, 6.45) is 5.85. The van der Waals surface area contributed by atoms with Crippen molar-refractivity contribution in [3.63, 3.8) is 0 Å². The van der Waals surface area contributed by atoms with Crippen LogP contribution in [0.4, 0.5) is 15.6 Å². The predicted octanol–water partition coefficient (Wildman–Crippen LogP) is 3.56. The Kier molecular flexibility index (Phi) is 6.07. The molecule has 2 aromatic rings. The molecule has 1 unspecified atom stereocenters. The van der Waals surface area contributed by atoms with Crippen molar-refractivity contribution in [2.75, 3.05) is 29.9 Å². The number of carbonyl (C=O) groups is 2. The van der Waals surface area contributed by atoms with E-state index in [1.54, 1.807) is 28.0 Å². The Balaban J connectivity index is 1.49. The molecule has 1 aromatic heterocycles. The lowest BCUT2D eigenvalue weighted by molar-refractivity contribution is -0.127. The summed E-state index contributed by atoms with van der Waals surface area (Å²) in [6.45, 7) is 2.86. The Morgan fingerprint density at radius 2 is 2.00 bits per heavy atom. The van der Waals surface area contributed by atoms with Crippen LogP contribution in [0.1, 0.15) is 44.6 Å². The van der Waals surface area contributed by atoms with Crippen molar-refractivity contribution in [1.29, 1.82) is 0 Å². The smallest absolute Gasteiger partial charge is 0.328 e.